The fourth-order valence-corrected chi connectivity index (χ4v) is 4.58. The summed E-state index contributed by atoms with van der Waals surface area (Å²) < 4.78 is 0. The minimum absolute atomic E-state index is 0.341. The van der Waals surface area contributed by atoms with Gasteiger partial charge in [-0.2, -0.15) is 0 Å². The molecule has 1 aliphatic carbocycles. The molecule has 1 nitrogen and oxygen atoms in total. The molecule has 2 rings (SSSR count). The van der Waals surface area contributed by atoms with Gasteiger partial charge in [-0.1, -0.05) is 33.6 Å². The summed E-state index contributed by atoms with van der Waals surface area (Å²) in [5.74, 6) is 3.60. The molecule has 1 heteroatoms. The summed E-state index contributed by atoms with van der Waals surface area (Å²) in [5.41, 5.74) is 0.341. The van der Waals surface area contributed by atoms with Crippen molar-refractivity contribution in [1.29, 1.82) is 0 Å². The van der Waals surface area contributed by atoms with Crippen LogP contribution in [-0.2, 0) is 0 Å². The van der Waals surface area contributed by atoms with E-state index in [4.69, 9.17) is 0 Å². The standard InChI is InChI=1S/C17H33N/c1-12(2)15-11-18(17(4,5)6)16-10-8-7-9-14(16)13(15)3/h12-16H,7-11H2,1-6H3. The third kappa shape index (κ3) is 2.61. The van der Waals surface area contributed by atoms with Gasteiger partial charge in [0.2, 0.25) is 0 Å². The number of nitrogens with zero attached hydrogens (tertiary/aromatic N) is 1. The van der Waals surface area contributed by atoms with Crippen molar-refractivity contribution in [3.63, 3.8) is 0 Å². The van der Waals surface area contributed by atoms with Gasteiger partial charge in [-0.05, 0) is 57.3 Å². The second kappa shape index (κ2) is 5.15. The van der Waals surface area contributed by atoms with Crippen LogP contribution in [0, 0.1) is 23.7 Å². The molecule has 0 aromatic carbocycles. The molecule has 4 atom stereocenters. The topological polar surface area (TPSA) is 3.24 Å². The van der Waals surface area contributed by atoms with Crippen LogP contribution in [0.4, 0.5) is 0 Å². The fraction of sp³-hybridized carbons (Fsp3) is 1.00. The van der Waals surface area contributed by atoms with Crippen molar-refractivity contribution in [3.8, 4) is 0 Å². The maximum Gasteiger partial charge on any atom is 0.0131 e. The van der Waals surface area contributed by atoms with E-state index in [1.54, 1.807) is 0 Å². The van der Waals surface area contributed by atoms with Crippen molar-refractivity contribution in [2.45, 2.75) is 78.8 Å². The van der Waals surface area contributed by atoms with Crippen molar-refractivity contribution in [2.24, 2.45) is 23.7 Å². The van der Waals surface area contributed by atoms with Crippen molar-refractivity contribution < 1.29 is 0 Å². The number of fused-ring (bicyclic) bond motifs is 1. The average Bonchev–Trinajstić information content (AvgIpc) is 2.27. The van der Waals surface area contributed by atoms with E-state index in [1.165, 1.54) is 32.2 Å². The number of likely N-dealkylation sites (tertiary alicyclic amines) is 1. The lowest BCUT2D eigenvalue weighted by Crippen LogP contribution is -2.60. The number of hydrogen-bond donors (Lipinski definition) is 0. The molecule has 1 saturated heterocycles. The highest BCUT2D eigenvalue weighted by molar-refractivity contribution is 4.98. The average molecular weight is 251 g/mol. The predicted molar refractivity (Wildman–Crippen MR) is 79.7 cm³/mol. The zero-order valence-electron chi connectivity index (χ0n) is 13.4. The summed E-state index contributed by atoms with van der Waals surface area (Å²) >= 11 is 0. The molecule has 1 aliphatic heterocycles. The molecule has 4 unspecified atom stereocenters. The van der Waals surface area contributed by atoms with Gasteiger partial charge < -0.3 is 0 Å². The third-order valence-electron chi connectivity index (χ3n) is 5.66. The molecule has 106 valence electrons. The van der Waals surface area contributed by atoms with Gasteiger partial charge in [0.05, 0.1) is 0 Å². The minimum Gasteiger partial charge on any atom is -0.295 e. The number of rotatable bonds is 1. The Hall–Kier alpha value is -0.0400. The molecule has 0 N–H and O–H groups in total. The first-order valence-electron chi connectivity index (χ1n) is 8.09. The molecule has 0 aromatic heterocycles. The van der Waals surface area contributed by atoms with Crippen molar-refractivity contribution in [2.75, 3.05) is 6.54 Å². The first-order valence-corrected chi connectivity index (χ1v) is 8.09. The van der Waals surface area contributed by atoms with E-state index in [0.717, 1.165) is 29.7 Å². The van der Waals surface area contributed by atoms with Crippen LogP contribution >= 0.6 is 0 Å². The van der Waals surface area contributed by atoms with Crippen LogP contribution in [0.5, 0.6) is 0 Å². The van der Waals surface area contributed by atoms with Crippen LogP contribution in [0.2, 0.25) is 0 Å². The molecule has 1 saturated carbocycles. The van der Waals surface area contributed by atoms with Gasteiger partial charge in [-0.3, -0.25) is 4.90 Å². The Morgan fingerprint density at radius 1 is 1.06 bits per heavy atom. The zero-order valence-corrected chi connectivity index (χ0v) is 13.4. The second-order valence-electron chi connectivity index (χ2n) is 8.11. The maximum atomic E-state index is 2.85. The Kier molecular flexibility index (Phi) is 4.11. The van der Waals surface area contributed by atoms with Gasteiger partial charge in [0, 0.05) is 18.1 Å². The van der Waals surface area contributed by atoms with Crippen LogP contribution in [-0.4, -0.2) is 23.0 Å². The van der Waals surface area contributed by atoms with Crippen LogP contribution in [0.15, 0.2) is 0 Å². The molecular formula is C17H33N. The highest BCUT2D eigenvalue weighted by Crippen LogP contribution is 2.45. The zero-order chi connectivity index (χ0) is 13.5. The monoisotopic (exact) mass is 251 g/mol. The Bertz CT molecular complexity index is 276. The second-order valence-corrected chi connectivity index (χ2v) is 8.11. The number of hydrogen-bond acceptors (Lipinski definition) is 1. The molecule has 0 radical (unpaired) electrons. The fourth-order valence-electron chi connectivity index (χ4n) is 4.58. The normalized spacial score (nSPS) is 38.8. The molecule has 0 amide bonds. The smallest absolute Gasteiger partial charge is 0.0131 e. The van der Waals surface area contributed by atoms with Crippen LogP contribution in [0.1, 0.15) is 67.2 Å². The van der Waals surface area contributed by atoms with E-state index >= 15 is 0 Å². The highest BCUT2D eigenvalue weighted by Gasteiger charge is 2.45. The van der Waals surface area contributed by atoms with E-state index in [9.17, 15) is 0 Å². The Morgan fingerprint density at radius 3 is 2.22 bits per heavy atom. The van der Waals surface area contributed by atoms with E-state index in [2.05, 4.69) is 46.4 Å². The van der Waals surface area contributed by atoms with E-state index in [1.807, 2.05) is 0 Å². The van der Waals surface area contributed by atoms with Crippen molar-refractivity contribution in [1.82, 2.24) is 4.90 Å². The van der Waals surface area contributed by atoms with Gasteiger partial charge in [0.15, 0.2) is 0 Å². The van der Waals surface area contributed by atoms with Gasteiger partial charge in [-0.15, -0.1) is 0 Å². The summed E-state index contributed by atoms with van der Waals surface area (Å²) in [6, 6.07) is 0.865. The van der Waals surface area contributed by atoms with Crippen LogP contribution < -0.4 is 0 Å². The summed E-state index contributed by atoms with van der Waals surface area (Å²) in [5, 5.41) is 0. The lowest BCUT2D eigenvalue weighted by Gasteiger charge is -2.56. The van der Waals surface area contributed by atoms with Gasteiger partial charge in [-0.25, -0.2) is 0 Å². The molecule has 18 heavy (non-hydrogen) atoms. The molecule has 0 spiro atoms. The summed E-state index contributed by atoms with van der Waals surface area (Å²) in [6.07, 6.45) is 5.83. The first-order chi connectivity index (χ1) is 8.32. The van der Waals surface area contributed by atoms with Crippen molar-refractivity contribution >= 4 is 0 Å². The predicted octanol–water partition coefficient (Wildman–Crippen LogP) is 4.57. The summed E-state index contributed by atoms with van der Waals surface area (Å²) in [6.45, 7) is 15.9. The van der Waals surface area contributed by atoms with E-state index < -0.39 is 0 Å². The first kappa shape index (κ1) is 14.4. The third-order valence-corrected chi connectivity index (χ3v) is 5.66. The molecule has 0 aromatic rings. The van der Waals surface area contributed by atoms with Crippen molar-refractivity contribution in [3.05, 3.63) is 0 Å². The summed E-state index contributed by atoms with van der Waals surface area (Å²) in [4.78, 5) is 2.85. The largest absolute Gasteiger partial charge is 0.295 e. The lowest BCUT2D eigenvalue weighted by molar-refractivity contribution is -0.0705. The maximum absolute atomic E-state index is 2.85. The van der Waals surface area contributed by atoms with E-state index in [-0.39, 0.29) is 0 Å². The quantitative estimate of drug-likeness (QED) is 0.660. The van der Waals surface area contributed by atoms with Crippen LogP contribution in [0.3, 0.4) is 0 Å². The Labute approximate surface area is 114 Å². The molecular weight excluding hydrogens is 218 g/mol. The van der Waals surface area contributed by atoms with Gasteiger partial charge in [0.25, 0.3) is 0 Å². The van der Waals surface area contributed by atoms with Crippen LogP contribution in [0.25, 0.3) is 0 Å². The number of piperidine rings is 1. The Balaban J connectivity index is 2.24. The minimum atomic E-state index is 0.341. The molecule has 2 fully saturated rings. The summed E-state index contributed by atoms with van der Waals surface area (Å²) in [7, 11) is 0. The molecule has 1 heterocycles. The lowest BCUT2D eigenvalue weighted by atomic mass is 9.65. The SMILES string of the molecule is CC(C)C1CN(C(C)(C)C)C2CCCCC2C1C. The van der Waals surface area contributed by atoms with E-state index in [0.29, 0.717) is 5.54 Å². The molecule has 0 bridgehead atoms. The highest BCUT2D eigenvalue weighted by atomic mass is 15.2. The molecule has 2 aliphatic rings. The van der Waals surface area contributed by atoms with Gasteiger partial charge in [0.1, 0.15) is 0 Å². The van der Waals surface area contributed by atoms with Gasteiger partial charge >= 0.3 is 0 Å². The Morgan fingerprint density at radius 2 is 1.67 bits per heavy atom.